The van der Waals surface area contributed by atoms with Gasteiger partial charge in [-0.3, -0.25) is 5.43 Å². The van der Waals surface area contributed by atoms with E-state index in [1.807, 2.05) is 55.5 Å². The average molecular weight is 369 g/mol. The number of hydrazone groups is 1. The first-order valence-corrected chi connectivity index (χ1v) is 8.11. The number of para-hydroxylation sites is 1. The second-order valence-corrected chi connectivity index (χ2v) is 5.95. The maximum atomic E-state index is 5.54. The molecule has 0 fully saturated rings. The highest BCUT2D eigenvalue weighted by Gasteiger charge is 2.12. The first kappa shape index (κ1) is 15.6. The van der Waals surface area contributed by atoms with E-state index in [9.17, 15) is 0 Å². The quantitative estimate of drug-likeness (QED) is 0.490. The Bertz CT molecular complexity index is 860. The van der Waals surface area contributed by atoms with Crippen LogP contribution in [0.2, 0.25) is 0 Å². The Kier molecular flexibility index (Phi) is 4.63. The van der Waals surface area contributed by atoms with Gasteiger partial charge in [0.05, 0.1) is 18.5 Å². The minimum Gasteiger partial charge on any atom is -0.496 e. The molecule has 0 heterocycles. The Balaban J connectivity index is 2.03. The molecule has 23 heavy (non-hydrogen) atoms. The van der Waals surface area contributed by atoms with E-state index in [-0.39, 0.29) is 0 Å². The summed E-state index contributed by atoms with van der Waals surface area (Å²) in [6.07, 6.45) is 0. The predicted octanol–water partition coefficient (Wildman–Crippen LogP) is 5.45. The molecule has 0 aliphatic carbocycles. The number of halogens is 1. The van der Waals surface area contributed by atoms with Crippen LogP contribution in [-0.2, 0) is 0 Å². The van der Waals surface area contributed by atoms with Crippen molar-refractivity contribution in [1.29, 1.82) is 0 Å². The van der Waals surface area contributed by atoms with Crippen molar-refractivity contribution in [2.45, 2.75) is 6.92 Å². The number of hydrogen-bond donors (Lipinski definition) is 1. The molecule has 3 aromatic carbocycles. The van der Waals surface area contributed by atoms with Gasteiger partial charge in [0, 0.05) is 20.8 Å². The van der Waals surface area contributed by atoms with E-state index < -0.39 is 0 Å². The molecule has 0 spiro atoms. The predicted molar refractivity (Wildman–Crippen MR) is 100 cm³/mol. The summed E-state index contributed by atoms with van der Waals surface area (Å²) in [5.74, 6) is 0.841. The van der Waals surface area contributed by atoms with Gasteiger partial charge in [0.1, 0.15) is 5.75 Å². The molecule has 0 unspecified atom stereocenters. The third-order valence-corrected chi connectivity index (χ3v) is 4.53. The van der Waals surface area contributed by atoms with Crippen molar-refractivity contribution in [3.63, 3.8) is 0 Å². The van der Waals surface area contributed by atoms with Gasteiger partial charge in [0.15, 0.2) is 0 Å². The number of methoxy groups -OCH3 is 1. The molecule has 0 aliphatic rings. The Morgan fingerprint density at radius 1 is 1.00 bits per heavy atom. The third kappa shape index (κ3) is 3.22. The highest BCUT2D eigenvalue weighted by molar-refractivity contribution is 9.10. The minimum atomic E-state index is 0.841. The molecule has 0 amide bonds. The lowest BCUT2D eigenvalue weighted by Crippen LogP contribution is -2.02. The maximum absolute atomic E-state index is 5.54. The molecular weight excluding hydrogens is 352 g/mol. The van der Waals surface area contributed by atoms with Crippen LogP contribution in [0.25, 0.3) is 10.8 Å². The van der Waals surface area contributed by atoms with Gasteiger partial charge >= 0.3 is 0 Å². The van der Waals surface area contributed by atoms with E-state index in [4.69, 9.17) is 4.74 Å². The number of nitrogens with one attached hydrogen (secondary N) is 1. The van der Waals surface area contributed by atoms with Gasteiger partial charge in [0.2, 0.25) is 0 Å². The molecule has 3 aromatic rings. The van der Waals surface area contributed by atoms with Gasteiger partial charge in [-0.2, -0.15) is 5.10 Å². The van der Waals surface area contributed by atoms with Crippen LogP contribution >= 0.6 is 15.9 Å². The molecule has 0 saturated carbocycles. The maximum Gasteiger partial charge on any atom is 0.127 e. The Labute approximate surface area is 144 Å². The summed E-state index contributed by atoms with van der Waals surface area (Å²) in [6, 6.07) is 20.1. The largest absolute Gasteiger partial charge is 0.496 e. The van der Waals surface area contributed by atoms with E-state index in [2.05, 4.69) is 38.6 Å². The number of rotatable bonds is 4. The smallest absolute Gasteiger partial charge is 0.127 e. The third-order valence-electron chi connectivity index (χ3n) is 3.68. The molecule has 3 nitrogen and oxygen atoms in total. The van der Waals surface area contributed by atoms with Gasteiger partial charge in [-0.05, 0) is 41.1 Å². The zero-order valence-corrected chi connectivity index (χ0v) is 14.6. The van der Waals surface area contributed by atoms with Crippen molar-refractivity contribution in [2.24, 2.45) is 5.10 Å². The normalized spacial score (nSPS) is 11.5. The van der Waals surface area contributed by atoms with Gasteiger partial charge < -0.3 is 4.74 Å². The van der Waals surface area contributed by atoms with Crippen LogP contribution in [0.4, 0.5) is 5.69 Å². The average Bonchev–Trinajstić information content (AvgIpc) is 2.61. The zero-order chi connectivity index (χ0) is 16.2. The fourth-order valence-electron chi connectivity index (χ4n) is 2.46. The summed E-state index contributed by atoms with van der Waals surface area (Å²) < 4.78 is 6.56. The standard InChI is InChI=1S/C19H17BrN2O/c1-13(21-22-14-8-4-3-5-9-14)17-12-18(23-2)15-10-6-7-11-16(15)19(17)20/h3-12,22H,1-2H3. The van der Waals surface area contributed by atoms with Crippen molar-refractivity contribution < 1.29 is 4.74 Å². The SMILES string of the molecule is COc1cc(C(C)=NNc2ccccc2)c(Br)c2ccccc12. The van der Waals surface area contributed by atoms with Crippen molar-refractivity contribution in [3.05, 3.63) is 70.7 Å². The summed E-state index contributed by atoms with van der Waals surface area (Å²) >= 11 is 3.71. The highest BCUT2D eigenvalue weighted by atomic mass is 79.9. The number of benzene rings is 3. The lowest BCUT2D eigenvalue weighted by atomic mass is 10.0. The van der Waals surface area contributed by atoms with E-state index in [1.54, 1.807) is 7.11 Å². The molecule has 0 radical (unpaired) electrons. The van der Waals surface area contributed by atoms with Crippen LogP contribution in [0.3, 0.4) is 0 Å². The van der Waals surface area contributed by atoms with E-state index in [1.165, 1.54) is 0 Å². The van der Waals surface area contributed by atoms with Crippen LogP contribution in [-0.4, -0.2) is 12.8 Å². The van der Waals surface area contributed by atoms with Crippen LogP contribution < -0.4 is 10.2 Å². The van der Waals surface area contributed by atoms with Crippen molar-refractivity contribution in [2.75, 3.05) is 12.5 Å². The fourth-order valence-corrected chi connectivity index (χ4v) is 3.21. The number of fused-ring (bicyclic) bond motifs is 1. The number of anilines is 1. The lowest BCUT2D eigenvalue weighted by molar-refractivity contribution is 0.419. The highest BCUT2D eigenvalue weighted by Crippen LogP contribution is 2.35. The van der Waals surface area contributed by atoms with Gasteiger partial charge in [-0.1, -0.05) is 42.5 Å². The van der Waals surface area contributed by atoms with Crippen LogP contribution in [0.1, 0.15) is 12.5 Å². The molecule has 1 N–H and O–H groups in total. The van der Waals surface area contributed by atoms with Crippen molar-refractivity contribution in [1.82, 2.24) is 0 Å². The molecule has 0 saturated heterocycles. The topological polar surface area (TPSA) is 33.6 Å². The van der Waals surface area contributed by atoms with E-state index in [0.29, 0.717) is 0 Å². The van der Waals surface area contributed by atoms with E-state index >= 15 is 0 Å². The molecule has 0 aliphatic heterocycles. The minimum absolute atomic E-state index is 0.841. The molecule has 116 valence electrons. The molecular formula is C19H17BrN2O. The summed E-state index contributed by atoms with van der Waals surface area (Å²) in [5.41, 5.74) is 5.92. The van der Waals surface area contributed by atoms with Crippen LogP contribution in [0.15, 0.2) is 70.2 Å². The van der Waals surface area contributed by atoms with Crippen LogP contribution in [0.5, 0.6) is 5.75 Å². The first-order chi connectivity index (χ1) is 11.2. The van der Waals surface area contributed by atoms with Crippen molar-refractivity contribution >= 4 is 38.1 Å². The summed E-state index contributed by atoms with van der Waals surface area (Å²) in [5, 5.41) is 6.67. The van der Waals surface area contributed by atoms with Crippen molar-refractivity contribution in [3.8, 4) is 5.75 Å². The Hall–Kier alpha value is -2.33. The Morgan fingerprint density at radius 3 is 2.35 bits per heavy atom. The molecule has 3 rings (SSSR count). The summed E-state index contributed by atoms with van der Waals surface area (Å²) in [7, 11) is 1.69. The second-order valence-electron chi connectivity index (χ2n) is 5.16. The van der Waals surface area contributed by atoms with Crippen LogP contribution in [0, 0.1) is 0 Å². The molecule has 0 aromatic heterocycles. The lowest BCUT2D eigenvalue weighted by Gasteiger charge is -2.12. The Morgan fingerprint density at radius 2 is 1.65 bits per heavy atom. The summed E-state index contributed by atoms with van der Waals surface area (Å²) in [6.45, 7) is 1.98. The van der Waals surface area contributed by atoms with Gasteiger partial charge in [-0.25, -0.2) is 0 Å². The summed E-state index contributed by atoms with van der Waals surface area (Å²) in [4.78, 5) is 0. The number of ether oxygens (including phenoxy) is 1. The van der Waals surface area contributed by atoms with E-state index in [0.717, 1.165) is 38.0 Å². The molecule has 0 atom stereocenters. The van der Waals surface area contributed by atoms with Gasteiger partial charge in [0.25, 0.3) is 0 Å². The molecule has 0 bridgehead atoms. The first-order valence-electron chi connectivity index (χ1n) is 7.31. The molecule has 4 heteroatoms. The fraction of sp³-hybridized carbons (Fsp3) is 0.105. The second kappa shape index (κ2) is 6.84. The number of nitrogens with zero attached hydrogens (tertiary/aromatic N) is 1. The zero-order valence-electron chi connectivity index (χ0n) is 13.0. The number of hydrogen-bond acceptors (Lipinski definition) is 3. The monoisotopic (exact) mass is 368 g/mol. The van der Waals surface area contributed by atoms with Gasteiger partial charge in [-0.15, -0.1) is 0 Å².